The first-order chi connectivity index (χ1) is 11.5. The molecule has 0 aliphatic rings. The summed E-state index contributed by atoms with van der Waals surface area (Å²) in [5, 5.41) is 0.793. The van der Waals surface area contributed by atoms with Crippen LogP contribution in [-0.2, 0) is 4.74 Å². The fourth-order valence-electron chi connectivity index (χ4n) is 2.57. The Balaban J connectivity index is 1.86. The van der Waals surface area contributed by atoms with Gasteiger partial charge in [-0.05, 0) is 19.9 Å². The first kappa shape index (κ1) is 15.7. The van der Waals surface area contributed by atoms with Crippen molar-refractivity contribution in [1.82, 2.24) is 15.0 Å². The number of Topliss-reactive ketones (excluding diaryl/α,β-unsaturated/α-hetero) is 1. The van der Waals surface area contributed by atoms with E-state index in [9.17, 15) is 9.59 Å². The minimum absolute atomic E-state index is 0.0366. The van der Waals surface area contributed by atoms with Gasteiger partial charge in [0, 0.05) is 34.6 Å². The SMILES string of the molecule is Cc1[nH]c2ccccc2c1C(=O)[C@@H](C)OC(=O)c1nccnc1N. The van der Waals surface area contributed by atoms with E-state index in [-0.39, 0.29) is 17.3 Å². The number of nitrogen functional groups attached to an aromatic ring is 1. The highest BCUT2D eigenvalue weighted by Gasteiger charge is 2.26. The highest BCUT2D eigenvalue weighted by atomic mass is 16.5. The maximum atomic E-state index is 12.7. The fraction of sp³-hybridized carbons (Fsp3) is 0.176. The second-order valence-corrected chi connectivity index (χ2v) is 5.37. The van der Waals surface area contributed by atoms with E-state index in [4.69, 9.17) is 10.5 Å². The van der Waals surface area contributed by atoms with Crippen LogP contribution in [-0.4, -0.2) is 32.8 Å². The number of fused-ring (bicyclic) bond motifs is 1. The zero-order chi connectivity index (χ0) is 17.3. The van der Waals surface area contributed by atoms with E-state index in [0.717, 1.165) is 16.6 Å². The summed E-state index contributed by atoms with van der Waals surface area (Å²) in [5.41, 5.74) is 7.59. The van der Waals surface area contributed by atoms with E-state index in [1.165, 1.54) is 19.3 Å². The van der Waals surface area contributed by atoms with Crippen LogP contribution in [0.1, 0.15) is 33.5 Å². The molecular weight excluding hydrogens is 308 g/mol. The Labute approximate surface area is 137 Å². The lowest BCUT2D eigenvalue weighted by Crippen LogP contribution is -2.26. The summed E-state index contributed by atoms with van der Waals surface area (Å²) >= 11 is 0. The third-order valence-electron chi connectivity index (χ3n) is 3.71. The van der Waals surface area contributed by atoms with Crippen LogP contribution in [0.3, 0.4) is 0 Å². The van der Waals surface area contributed by atoms with Gasteiger partial charge in [0.05, 0.1) is 0 Å². The molecule has 0 spiro atoms. The van der Waals surface area contributed by atoms with Crippen LogP contribution in [0.4, 0.5) is 5.82 Å². The predicted octanol–water partition coefficient (Wildman–Crippen LogP) is 2.28. The third-order valence-corrected chi connectivity index (χ3v) is 3.71. The number of ketones is 1. The molecule has 3 rings (SSSR count). The van der Waals surface area contributed by atoms with E-state index in [2.05, 4.69) is 15.0 Å². The van der Waals surface area contributed by atoms with Crippen molar-refractivity contribution < 1.29 is 14.3 Å². The summed E-state index contributed by atoms with van der Waals surface area (Å²) in [4.78, 5) is 35.6. The Morgan fingerprint density at radius 2 is 1.92 bits per heavy atom. The van der Waals surface area contributed by atoms with E-state index >= 15 is 0 Å². The van der Waals surface area contributed by atoms with Crippen LogP contribution in [0, 0.1) is 6.92 Å². The van der Waals surface area contributed by atoms with Crippen molar-refractivity contribution in [1.29, 1.82) is 0 Å². The molecule has 2 aromatic heterocycles. The molecule has 0 aliphatic carbocycles. The van der Waals surface area contributed by atoms with Gasteiger partial charge in [-0.1, -0.05) is 18.2 Å². The number of rotatable bonds is 4. The van der Waals surface area contributed by atoms with Crippen molar-refractivity contribution in [2.75, 3.05) is 5.73 Å². The number of hydrogen-bond donors (Lipinski definition) is 2. The summed E-state index contributed by atoms with van der Waals surface area (Å²) in [7, 11) is 0. The number of H-pyrrole nitrogens is 1. The van der Waals surface area contributed by atoms with E-state index in [0.29, 0.717) is 5.56 Å². The number of esters is 1. The second-order valence-electron chi connectivity index (χ2n) is 5.37. The average molecular weight is 324 g/mol. The quantitative estimate of drug-likeness (QED) is 0.562. The number of carbonyl (C=O) groups excluding carboxylic acids is 2. The number of nitrogens with one attached hydrogen (secondary N) is 1. The Morgan fingerprint density at radius 3 is 2.67 bits per heavy atom. The van der Waals surface area contributed by atoms with Crippen molar-refractivity contribution in [3.63, 3.8) is 0 Å². The summed E-state index contributed by atoms with van der Waals surface area (Å²) in [5.74, 6) is -1.11. The lowest BCUT2D eigenvalue weighted by Gasteiger charge is -2.12. The van der Waals surface area contributed by atoms with Crippen molar-refractivity contribution in [3.05, 3.63) is 53.6 Å². The molecule has 0 radical (unpaired) electrons. The van der Waals surface area contributed by atoms with Gasteiger partial charge in [-0.3, -0.25) is 4.79 Å². The van der Waals surface area contributed by atoms with Gasteiger partial charge in [0.25, 0.3) is 0 Å². The number of benzene rings is 1. The normalized spacial score (nSPS) is 12.1. The Kier molecular flexibility index (Phi) is 3.99. The fourth-order valence-corrected chi connectivity index (χ4v) is 2.57. The molecule has 0 unspecified atom stereocenters. The minimum atomic E-state index is -0.975. The van der Waals surface area contributed by atoms with Gasteiger partial charge in [0.1, 0.15) is 0 Å². The predicted molar refractivity (Wildman–Crippen MR) is 88.7 cm³/mol. The molecule has 7 nitrogen and oxygen atoms in total. The van der Waals surface area contributed by atoms with Gasteiger partial charge in [-0.2, -0.15) is 0 Å². The van der Waals surface area contributed by atoms with Gasteiger partial charge in [0.2, 0.25) is 5.78 Å². The number of carbonyl (C=O) groups is 2. The molecule has 0 saturated carbocycles. The van der Waals surface area contributed by atoms with Crippen LogP contribution >= 0.6 is 0 Å². The molecule has 3 N–H and O–H groups in total. The average Bonchev–Trinajstić information content (AvgIpc) is 2.90. The van der Waals surface area contributed by atoms with Gasteiger partial charge < -0.3 is 15.5 Å². The summed E-state index contributed by atoms with van der Waals surface area (Å²) in [6, 6.07) is 7.47. The molecule has 0 bridgehead atoms. The highest BCUT2D eigenvalue weighted by molar-refractivity contribution is 6.11. The molecule has 1 aromatic carbocycles. The number of aromatic nitrogens is 3. The number of ether oxygens (including phenoxy) is 1. The highest BCUT2D eigenvalue weighted by Crippen LogP contribution is 2.24. The molecule has 2 heterocycles. The number of nitrogens with zero attached hydrogens (tertiary/aromatic N) is 2. The number of anilines is 1. The maximum Gasteiger partial charge on any atom is 0.361 e. The van der Waals surface area contributed by atoms with E-state index in [1.54, 1.807) is 0 Å². The van der Waals surface area contributed by atoms with Crippen molar-refractivity contribution in [2.24, 2.45) is 0 Å². The van der Waals surface area contributed by atoms with Crippen LogP contribution < -0.4 is 5.73 Å². The summed E-state index contributed by atoms with van der Waals surface area (Å²) < 4.78 is 5.22. The van der Waals surface area contributed by atoms with Gasteiger partial charge >= 0.3 is 5.97 Å². The van der Waals surface area contributed by atoms with Gasteiger partial charge in [-0.15, -0.1) is 0 Å². The molecule has 0 saturated heterocycles. The molecule has 0 amide bonds. The Morgan fingerprint density at radius 1 is 1.21 bits per heavy atom. The van der Waals surface area contributed by atoms with Crippen molar-refractivity contribution in [3.8, 4) is 0 Å². The smallest absolute Gasteiger partial charge is 0.361 e. The third kappa shape index (κ3) is 2.71. The topological polar surface area (TPSA) is 111 Å². The van der Waals surface area contributed by atoms with Gasteiger partial charge in [0.15, 0.2) is 17.6 Å². The van der Waals surface area contributed by atoms with Crippen LogP contribution in [0.15, 0.2) is 36.7 Å². The van der Waals surface area contributed by atoms with E-state index < -0.39 is 12.1 Å². The summed E-state index contributed by atoms with van der Waals surface area (Å²) in [6.07, 6.45) is 1.73. The molecule has 7 heteroatoms. The first-order valence-corrected chi connectivity index (χ1v) is 7.38. The Bertz CT molecular complexity index is 932. The second kappa shape index (κ2) is 6.11. The van der Waals surface area contributed by atoms with Crippen molar-refractivity contribution in [2.45, 2.75) is 20.0 Å². The molecule has 1 atom stereocenters. The maximum absolute atomic E-state index is 12.7. The van der Waals surface area contributed by atoms with Crippen LogP contribution in [0.2, 0.25) is 0 Å². The zero-order valence-electron chi connectivity index (χ0n) is 13.2. The first-order valence-electron chi connectivity index (χ1n) is 7.38. The zero-order valence-corrected chi connectivity index (χ0v) is 13.2. The van der Waals surface area contributed by atoms with Gasteiger partial charge in [-0.25, -0.2) is 14.8 Å². The number of aromatic amines is 1. The largest absolute Gasteiger partial charge is 0.449 e. The molecule has 24 heavy (non-hydrogen) atoms. The lowest BCUT2D eigenvalue weighted by molar-refractivity contribution is 0.0314. The van der Waals surface area contributed by atoms with Crippen molar-refractivity contribution >= 4 is 28.5 Å². The summed E-state index contributed by atoms with van der Waals surface area (Å²) in [6.45, 7) is 3.33. The molecule has 3 aromatic rings. The number of aryl methyl sites for hydroxylation is 1. The molecule has 122 valence electrons. The number of hydrogen-bond acceptors (Lipinski definition) is 6. The molecule has 0 aliphatic heterocycles. The number of nitrogens with two attached hydrogens (primary N) is 1. The monoisotopic (exact) mass is 324 g/mol. The molecule has 0 fully saturated rings. The number of para-hydroxylation sites is 1. The molecular formula is C17H16N4O3. The standard InChI is InChI=1S/C17H16N4O3/c1-9-13(11-5-3-4-6-12(11)21-9)15(22)10(2)24-17(23)14-16(18)20-8-7-19-14/h3-8,10,21H,1-2H3,(H2,18,20)/t10-/m1/s1. The lowest BCUT2D eigenvalue weighted by atomic mass is 10.0. The van der Waals surface area contributed by atoms with E-state index in [1.807, 2.05) is 31.2 Å². The van der Waals surface area contributed by atoms with Crippen LogP contribution in [0.5, 0.6) is 0 Å². The van der Waals surface area contributed by atoms with Crippen LogP contribution in [0.25, 0.3) is 10.9 Å². The minimum Gasteiger partial charge on any atom is -0.449 e. The Hall–Kier alpha value is -3.22.